The number of allylic oxidation sites excluding steroid dienone is 3. The smallest absolute Gasteiger partial charge is 0.220 e. The molecule has 4 saturated carbocycles. The van der Waals surface area contributed by atoms with Gasteiger partial charge in [0, 0.05) is 18.4 Å². The minimum atomic E-state index is -0.518. The molecule has 5 aliphatic rings. The molecule has 5 rings (SSSR count). The second-order valence-electron chi connectivity index (χ2n) is 15.7. The van der Waals surface area contributed by atoms with Crippen LogP contribution in [0.2, 0.25) is 0 Å². The number of nitrogens with one attached hydrogen (secondary N) is 1. The Labute approximate surface area is 244 Å². The Morgan fingerprint density at radius 1 is 1.02 bits per heavy atom. The molecular formula is C36H56N2O2. The predicted molar refractivity (Wildman–Crippen MR) is 163 cm³/mol. The van der Waals surface area contributed by atoms with Crippen molar-refractivity contribution in [2.24, 2.45) is 56.7 Å². The summed E-state index contributed by atoms with van der Waals surface area (Å²) in [6, 6.07) is 2.27. The molecule has 8 unspecified atom stereocenters. The zero-order valence-electron chi connectivity index (χ0n) is 27.0. The molecule has 222 valence electrons. The van der Waals surface area contributed by atoms with E-state index < -0.39 is 5.41 Å². The van der Waals surface area contributed by atoms with Gasteiger partial charge in [-0.3, -0.25) is 9.59 Å². The lowest BCUT2D eigenvalue weighted by atomic mass is 9.35. The maximum absolute atomic E-state index is 13.3. The summed E-state index contributed by atoms with van der Waals surface area (Å²) in [6.45, 7) is 25.4. The average molecular weight is 549 g/mol. The van der Waals surface area contributed by atoms with Gasteiger partial charge in [0.25, 0.3) is 0 Å². The number of nitrogens with zero attached hydrogens (tertiary/aromatic N) is 1. The summed E-state index contributed by atoms with van der Waals surface area (Å²) in [5.41, 5.74) is 1.55. The minimum Gasteiger partial charge on any atom is -0.356 e. The van der Waals surface area contributed by atoms with Crippen molar-refractivity contribution in [1.29, 1.82) is 5.26 Å². The number of fused-ring (bicyclic) bond motifs is 7. The van der Waals surface area contributed by atoms with Crippen molar-refractivity contribution in [3.05, 3.63) is 23.8 Å². The van der Waals surface area contributed by atoms with Crippen LogP contribution in [0.4, 0.5) is 0 Å². The summed E-state index contributed by atoms with van der Waals surface area (Å²) in [6.07, 6.45) is 11.7. The van der Waals surface area contributed by atoms with Crippen molar-refractivity contribution in [2.45, 2.75) is 120 Å². The van der Waals surface area contributed by atoms with Crippen molar-refractivity contribution in [2.75, 3.05) is 6.54 Å². The molecule has 4 heteroatoms. The summed E-state index contributed by atoms with van der Waals surface area (Å²) in [5, 5.41) is 13.0. The van der Waals surface area contributed by atoms with Crippen molar-refractivity contribution < 1.29 is 9.59 Å². The van der Waals surface area contributed by atoms with Crippen LogP contribution in [-0.4, -0.2) is 18.2 Å². The fourth-order valence-corrected chi connectivity index (χ4v) is 11.1. The molecule has 1 N–H and O–H groups in total. The Bertz CT molecular complexity index is 1120. The minimum absolute atomic E-state index is 0.0239. The monoisotopic (exact) mass is 548 g/mol. The van der Waals surface area contributed by atoms with Gasteiger partial charge < -0.3 is 5.32 Å². The SMILES string of the molecule is C=C1CC2C3(C)C=C(C#N)C(=O)C(C)(C)C3CCC2(C)C2CCC3(CC(=O)NCC)CCC(C)(C)CC3C12.CC. The second-order valence-corrected chi connectivity index (χ2v) is 15.7. The molecule has 0 radical (unpaired) electrons. The molecular weight excluding hydrogens is 492 g/mol. The van der Waals surface area contributed by atoms with Gasteiger partial charge in [0.2, 0.25) is 5.91 Å². The van der Waals surface area contributed by atoms with E-state index in [-0.39, 0.29) is 39.3 Å². The summed E-state index contributed by atoms with van der Waals surface area (Å²) in [4.78, 5) is 26.3. The van der Waals surface area contributed by atoms with Gasteiger partial charge in [0.05, 0.1) is 5.57 Å². The summed E-state index contributed by atoms with van der Waals surface area (Å²) >= 11 is 0. The normalized spacial score (nSPS) is 42.8. The Hall–Kier alpha value is -1.89. The van der Waals surface area contributed by atoms with Gasteiger partial charge in [-0.25, -0.2) is 0 Å². The maximum Gasteiger partial charge on any atom is 0.220 e. The molecule has 0 aromatic heterocycles. The number of hydrogen-bond acceptors (Lipinski definition) is 3. The molecule has 4 nitrogen and oxygen atoms in total. The number of carbonyl (C=O) groups excluding carboxylic acids is 2. The standard InChI is InChI=1S/C34H50N2O2.C2H6/c1-9-36-27(37)19-34-13-10-23-28(24(34)18-30(3,4)14-15-34)21(2)16-26-32(23,7)12-11-25-31(5,6)29(38)22(20-35)17-33(25,26)8;1-2/h17,23-26,28H,2,9-16,18-19H2,1,3-8H3,(H,36,37);1-2H3. The van der Waals surface area contributed by atoms with E-state index in [1.165, 1.54) is 18.4 Å². The molecule has 0 bridgehead atoms. The van der Waals surface area contributed by atoms with Crippen molar-refractivity contribution in [1.82, 2.24) is 5.32 Å². The van der Waals surface area contributed by atoms with E-state index in [9.17, 15) is 14.9 Å². The number of ketones is 1. The van der Waals surface area contributed by atoms with Crippen molar-refractivity contribution >= 4 is 11.7 Å². The van der Waals surface area contributed by atoms with Gasteiger partial charge in [0.15, 0.2) is 5.78 Å². The highest BCUT2D eigenvalue weighted by Crippen LogP contribution is 2.73. The van der Waals surface area contributed by atoms with E-state index in [1.807, 2.05) is 20.8 Å². The van der Waals surface area contributed by atoms with Crippen LogP contribution in [0.25, 0.3) is 0 Å². The van der Waals surface area contributed by atoms with Crippen LogP contribution in [0.5, 0.6) is 0 Å². The number of Topliss-reactive ketones (excluding diaryl/α,β-unsaturated/α-hetero) is 1. The fraction of sp³-hybridized carbons (Fsp3) is 0.806. The first-order chi connectivity index (χ1) is 18.6. The van der Waals surface area contributed by atoms with E-state index in [4.69, 9.17) is 6.58 Å². The third-order valence-corrected chi connectivity index (χ3v) is 12.9. The number of amides is 1. The van der Waals surface area contributed by atoms with Crippen LogP contribution in [-0.2, 0) is 9.59 Å². The summed E-state index contributed by atoms with van der Waals surface area (Å²) in [7, 11) is 0. The van der Waals surface area contributed by atoms with E-state index in [2.05, 4.69) is 59.0 Å². The number of rotatable bonds is 3. The third-order valence-electron chi connectivity index (χ3n) is 12.9. The van der Waals surface area contributed by atoms with Crippen LogP contribution in [0.3, 0.4) is 0 Å². The first-order valence-corrected chi connectivity index (χ1v) is 16.3. The van der Waals surface area contributed by atoms with Crippen molar-refractivity contribution in [3.63, 3.8) is 0 Å². The van der Waals surface area contributed by atoms with Gasteiger partial charge in [0.1, 0.15) is 6.07 Å². The average Bonchev–Trinajstić information content (AvgIpc) is 2.89. The Kier molecular flexibility index (Phi) is 8.10. The highest BCUT2D eigenvalue weighted by Gasteiger charge is 2.67. The highest BCUT2D eigenvalue weighted by molar-refractivity contribution is 6.04. The molecule has 0 aromatic carbocycles. The molecule has 0 saturated heterocycles. The topological polar surface area (TPSA) is 70.0 Å². The van der Waals surface area contributed by atoms with E-state index in [1.54, 1.807) is 0 Å². The molecule has 40 heavy (non-hydrogen) atoms. The molecule has 8 atom stereocenters. The van der Waals surface area contributed by atoms with Gasteiger partial charge in [-0.2, -0.15) is 5.26 Å². The number of hydrogen-bond donors (Lipinski definition) is 1. The zero-order valence-corrected chi connectivity index (χ0v) is 27.0. The molecule has 5 aliphatic carbocycles. The van der Waals surface area contributed by atoms with Gasteiger partial charge in [-0.05, 0) is 110 Å². The van der Waals surface area contributed by atoms with Crippen LogP contribution in [0.1, 0.15) is 120 Å². The van der Waals surface area contributed by atoms with Crippen LogP contribution in [0, 0.1) is 68.0 Å². The Balaban J connectivity index is 0.00000181. The first kappa shape index (κ1) is 31.1. The summed E-state index contributed by atoms with van der Waals surface area (Å²) in [5.74, 6) is 2.37. The quantitative estimate of drug-likeness (QED) is 0.360. The van der Waals surface area contributed by atoms with Crippen LogP contribution < -0.4 is 5.32 Å². The van der Waals surface area contributed by atoms with Crippen molar-refractivity contribution in [3.8, 4) is 6.07 Å². The largest absolute Gasteiger partial charge is 0.356 e. The van der Waals surface area contributed by atoms with E-state index in [0.29, 0.717) is 42.2 Å². The lowest BCUT2D eigenvalue weighted by Gasteiger charge is -2.69. The van der Waals surface area contributed by atoms with Gasteiger partial charge in [-0.15, -0.1) is 0 Å². The highest BCUT2D eigenvalue weighted by atomic mass is 16.1. The second kappa shape index (κ2) is 10.4. The Morgan fingerprint density at radius 2 is 1.70 bits per heavy atom. The zero-order chi connectivity index (χ0) is 29.9. The van der Waals surface area contributed by atoms with E-state index in [0.717, 1.165) is 38.5 Å². The maximum atomic E-state index is 13.3. The number of carbonyl (C=O) groups is 2. The molecule has 1 amide bonds. The lowest BCUT2D eigenvalue weighted by molar-refractivity contribution is -0.174. The van der Waals surface area contributed by atoms with E-state index >= 15 is 0 Å². The van der Waals surface area contributed by atoms with Crippen LogP contribution >= 0.6 is 0 Å². The van der Waals surface area contributed by atoms with Gasteiger partial charge in [-0.1, -0.05) is 73.6 Å². The summed E-state index contributed by atoms with van der Waals surface area (Å²) < 4.78 is 0. The molecule has 0 heterocycles. The Morgan fingerprint density at radius 3 is 2.33 bits per heavy atom. The molecule has 0 aromatic rings. The molecule has 0 spiro atoms. The molecule has 0 aliphatic heterocycles. The van der Waals surface area contributed by atoms with Gasteiger partial charge >= 0.3 is 0 Å². The third kappa shape index (κ3) is 4.53. The predicted octanol–water partition coefficient (Wildman–Crippen LogP) is 8.44. The first-order valence-electron chi connectivity index (χ1n) is 16.3. The molecule has 4 fully saturated rings. The van der Waals surface area contributed by atoms with Crippen LogP contribution in [0.15, 0.2) is 23.8 Å². The fourth-order valence-electron chi connectivity index (χ4n) is 11.1. The lowest BCUT2D eigenvalue weighted by Crippen LogP contribution is -2.63. The number of nitriles is 1.